The molecule has 0 aliphatic rings. The third-order valence-electron chi connectivity index (χ3n) is 3.07. The summed E-state index contributed by atoms with van der Waals surface area (Å²) in [5, 5.41) is 9.42. The first kappa shape index (κ1) is 14.0. The van der Waals surface area contributed by atoms with E-state index in [9.17, 15) is 9.18 Å². The van der Waals surface area contributed by atoms with Gasteiger partial charge in [0.05, 0.1) is 18.3 Å². The van der Waals surface area contributed by atoms with Crippen molar-refractivity contribution in [3.8, 4) is 0 Å². The number of carbonyl (C=O) groups is 1. The molecule has 1 aromatic carbocycles. The number of amides is 2. The molecule has 0 saturated carbocycles. The summed E-state index contributed by atoms with van der Waals surface area (Å²) in [4.78, 5) is 11.8. The minimum atomic E-state index is -0.400. The largest absolute Gasteiger partial charge is 0.333 e. The van der Waals surface area contributed by atoms with Crippen LogP contribution in [0.4, 0.5) is 9.18 Å². The molecule has 0 fully saturated rings. The van der Waals surface area contributed by atoms with Gasteiger partial charge in [-0.05, 0) is 19.1 Å². The molecule has 0 radical (unpaired) electrons. The maximum Gasteiger partial charge on any atom is 0.315 e. The Morgan fingerprint density at radius 1 is 1.40 bits per heavy atom. The van der Waals surface area contributed by atoms with E-state index in [-0.39, 0.29) is 11.8 Å². The summed E-state index contributed by atoms with van der Waals surface area (Å²) in [6, 6.07) is 7.46. The van der Waals surface area contributed by atoms with Crippen molar-refractivity contribution in [2.75, 3.05) is 0 Å². The predicted octanol–water partition coefficient (Wildman–Crippen LogP) is 2.12. The highest BCUT2D eigenvalue weighted by molar-refractivity contribution is 5.74. The van der Waals surface area contributed by atoms with Crippen LogP contribution in [0.1, 0.15) is 24.2 Å². The van der Waals surface area contributed by atoms with Crippen LogP contribution in [-0.4, -0.2) is 15.8 Å². The van der Waals surface area contributed by atoms with Crippen molar-refractivity contribution in [1.29, 1.82) is 0 Å². The van der Waals surface area contributed by atoms with Crippen molar-refractivity contribution in [3.05, 3.63) is 53.6 Å². The van der Waals surface area contributed by atoms with E-state index in [2.05, 4.69) is 15.7 Å². The molecular formula is C14H17FN4O. The van der Waals surface area contributed by atoms with Gasteiger partial charge in [0.1, 0.15) is 5.82 Å². The number of nitrogens with zero attached hydrogens (tertiary/aromatic N) is 2. The van der Waals surface area contributed by atoms with Gasteiger partial charge in [-0.3, -0.25) is 4.68 Å². The molecule has 0 spiro atoms. The average Bonchev–Trinajstić information content (AvgIpc) is 2.82. The number of nitrogens with one attached hydrogen (secondary N) is 2. The number of hydrogen-bond donors (Lipinski definition) is 2. The van der Waals surface area contributed by atoms with E-state index in [1.807, 2.05) is 6.07 Å². The van der Waals surface area contributed by atoms with E-state index >= 15 is 0 Å². The van der Waals surface area contributed by atoms with Gasteiger partial charge in [-0.1, -0.05) is 18.2 Å². The second-order valence-corrected chi connectivity index (χ2v) is 4.52. The fourth-order valence-electron chi connectivity index (χ4n) is 1.90. The normalized spacial score (nSPS) is 11.9. The van der Waals surface area contributed by atoms with Crippen LogP contribution in [0.25, 0.3) is 0 Å². The van der Waals surface area contributed by atoms with Crippen LogP contribution in [0.5, 0.6) is 0 Å². The summed E-state index contributed by atoms with van der Waals surface area (Å²) in [7, 11) is 1.80. The Morgan fingerprint density at radius 2 is 2.15 bits per heavy atom. The summed E-state index contributed by atoms with van der Waals surface area (Å²) < 4.78 is 15.3. The van der Waals surface area contributed by atoms with Crippen LogP contribution in [0, 0.1) is 5.82 Å². The van der Waals surface area contributed by atoms with Crippen LogP contribution in [0.15, 0.2) is 36.5 Å². The van der Waals surface area contributed by atoms with Gasteiger partial charge in [0.25, 0.3) is 0 Å². The minimum Gasteiger partial charge on any atom is -0.333 e. The zero-order chi connectivity index (χ0) is 14.5. The quantitative estimate of drug-likeness (QED) is 0.898. The Morgan fingerprint density at radius 3 is 2.80 bits per heavy atom. The van der Waals surface area contributed by atoms with Gasteiger partial charge in [0, 0.05) is 18.8 Å². The maximum atomic E-state index is 13.6. The Hall–Kier alpha value is -2.37. The zero-order valence-corrected chi connectivity index (χ0v) is 11.4. The van der Waals surface area contributed by atoms with Gasteiger partial charge in [-0.2, -0.15) is 5.10 Å². The smallest absolute Gasteiger partial charge is 0.315 e. The monoisotopic (exact) mass is 276 g/mol. The fraction of sp³-hybridized carbons (Fsp3) is 0.286. The lowest BCUT2D eigenvalue weighted by molar-refractivity contribution is 0.237. The van der Waals surface area contributed by atoms with Crippen LogP contribution in [0.3, 0.4) is 0 Å². The number of hydrogen-bond acceptors (Lipinski definition) is 2. The lowest BCUT2D eigenvalue weighted by Crippen LogP contribution is -2.37. The summed E-state index contributed by atoms with van der Waals surface area (Å²) in [5.74, 6) is -0.327. The standard InChI is InChI=1S/C14H17FN4O/c1-10(12-5-3-4-6-13(12)15)18-14(20)16-9-11-7-8-17-19(11)2/h3-8,10H,9H2,1-2H3,(H2,16,18,20)/t10-/m0/s1. The third-order valence-corrected chi connectivity index (χ3v) is 3.07. The Kier molecular flexibility index (Phi) is 4.34. The second kappa shape index (κ2) is 6.18. The Bertz CT molecular complexity index is 596. The highest BCUT2D eigenvalue weighted by Crippen LogP contribution is 2.15. The molecule has 2 rings (SSSR count). The molecule has 0 unspecified atom stereocenters. The molecular weight excluding hydrogens is 259 g/mol. The van der Waals surface area contributed by atoms with Gasteiger partial charge >= 0.3 is 6.03 Å². The van der Waals surface area contributed by atoms with Crippen molar-refractivity contribution in [2.45, 2.75) is 19.5 Å². The van der Waals surface area contributed by atoms with E-state index in [4.69, 9.17) is 0 Å². The van der Waals surface area contributed by atoms with E-state index in [0.29, 0.717) is 12.1 Å². The topological polar surface area (TPSA) is 59.0 Å². The SMILES string of the molecule is C[C@H](NC(=O)NCc1ccnn1C)c1ccccc1F. The van der Waals surface area contributed by atoms with E-state index in [1.54, 1.807) is 43.0 Å². The van der Waals surface area contributed by atoms with Gasteiger partial charge < -0.3 is 10.6 Å². The number of aryl methyl sites for hydroxylation is 1. The highest BCUT2D eigenvalue weighted by atomic mass is 19.1. The van der Waals surface area contributed by atoms with E-state index in [0.717, 1.165) is 5.69 Å². The molecule has 2 aromatic rings. The maximum absolute atomic E-state index is 13.6. The Labute approximate surface area is 116 Å². The number of aromatic nitrogens is 2. The number of carbonyl (C=O) groups excluding carboxylic acids is 1. The number of rotatable bonds is 4. The van der Waals surface area contributed by atoms with E-state index < -0.39 is 6.04 Å². The van der Waals surface area contributed by atoms with Crippen molar-refractivity contribution in [2.24, 2.45) is 7.05 Å². The molecule has 2 N–H and O–H groups in total. The van der Waals surface area contributed by atoms with Gasteiger partial charge in [0.15, 0.2) is 0 Å². The molecule has 0 bridgehead atoms. The molecule has 106 valence electrons. The molecule has 2 amide bonds. The number of halogens is 1. The van der Waals surface area contributed by atoms with Crippen LogP contribution < -0.4 is 10.6 Å². The molecule has 1 aromatic heterocycles. The van der Waals surface area contributed by atoms with Gasteiger partial charge in [0.2, 0.25) is 0 Å². The Balaban J connectivity index is 1.88. The van der Waals surface area contributed by atoms with Crippen molar-refractivity contribution < 1.29 is 9.18 Å². The molecule has 0 aliphatic carbocycles. The predicted molar refractivity (Wildman–Crippen MR) is 73.4 cm³/mol. The van der Waals surface area contributed by atoms with Gasteiger partial charge in [-0.15, -0.1) is 0 Å². The summed E-state index contributed by atoms with van der Waals surface area (Å²) >= 11 is 0. The fourth-order valence-corrected chi connectivity index (χ4v) is 1.90. The van der Waals surface area contributed by atoms with Crippen molar-refractivity contribution >= 4 is 6.03 Å². The van der Waals surface area contributed by atoms with Crippen LogP contribution >= 0.6 is 0 Å². The first-order valence-corrected chi connectivity index (χ1v) is 6.33. The van der Waals surface area contributed by atoms with Crippen molar-refractivity contribution in [3.63, 3.8) is 0 Å². The first-order chi connectivity index (χ1) is 9.58. The zero-order valence-electron chi connectivity index (χ0n) is 11.4. The molecule has 20 heavy (non-hydrogen) atoms. The third kappa shape index (κ3) is 3.34. The summed E-state index contributed by atoms with van der Waals surface area (Å²) in [6.45, 7) is 2.11. The van der Waals surface area contributed by atoms with Crippen LogP contribution in [0.2, 0.25) is 0 Å². The summed E-state index contributed by atoms with van der Waals surface area (Å²) in [6.07, 6.45) is 1.66. The lowest BCUT2D eigenvalue weighted by atomic mass is 10.1. The first-order valence-electron chi connectivity index (χ1n) is 6.33. The van der Waals surface area contributed by atoms with Gasteiger partial charge in [-0.25, -0.2) is 9.18 Å². The number of benzene rings is 1. The van der Waals surface area contributed by atoms with Crippen LogP contribution in [-0.2, 0) is 13.6 Å². The van der Waals surface area contributed by atoms with E-state index in [1.165, 1.54) is 6.07 Å². The summed E-state index contributed by atoms with van der Waals surface area (Å²) in [5.41, 5.74) is 1.35. The molecule has 1 atom stereocenters. The second-order valence-electron chi connectivity index (χ2n) is 4.52. The molecule has 1 heterocycles. The average molecular weight is 276 g/mol. The minimum absolute atomic E-state index is 0.327. The molecule has 6 heteroatoms. The molecule has 0 saturated heterocycles. The van der Waals surface area contributed by atoms with Crippen molar-refractivity contribution in [1.82, 2.24) is 20.4 Å². The highest BCUT2D eigenvalue weighted by Gasteiger charge is 2.12. The molecule has 0 aliphatic heterocycles. The lowest BCUT2D eigenvalue weighted by Gasteiger charge is -2.15. The number of urea groups is 1. The molecule has 5 nitrogen and oxygen atoms in total.